The summed E-state index contributed by atoms with van der Waals surface area (Å²) < 4.78 is 37.6. The van der Waals surface area contributed by atoms with Crippen LogP contribution in [0, 0.1) is 24.0 Å². The number of likely N-dealkylation sites (tertiary alicyclic amines) is 1. The Morgan fingerprint density at radius 3 is 2.59 bits per heavy atom. The van der Waals surface area contributed by atoms with Gasteiger partial charge in [0, 0.05) is 43.5 Å². The molecule has 144 valence electrons. The fourth-order valence-corrected chi connectivity index (χ4v) is 4.03. The van der Waals surface area contributed by atoms with E-state index in [0.29, 0.717) is 38.0 Å². The van der Waals surface area contributed by atoms with Crippen LogP contribution in [0.5, 0.6) is 0 Å². The van der Waals surface area contributed by atoms with Gasteiger partial charge in [0.15, 0.2) is 5.82 Å². The van der Waals surface area contributed by atoms with Crippen molar-refractivity contribution in [3.63, 3.8) is 0 Å². The molecule has 2 aliphatic heterocycles. The summed E-state index contributed by atoms with van der Waals surface area (Å²) in [5, 5.41) is 6.45. The number of benzene rings is 1. The van der Waals surface area contributed by atoms with E-state index in [1.54, 1.807) is 11.8 Å². The predicted octanol–water partition coefficient (Wildman–Crippen LogP) is 3.08. The lowest BCUT2D eigenvalue weighted by Crippen LogP contribution is -2.38. The molecule has 0 unspecified atom stereocenters. The van der Waals surface area contributed by atoms with Crippen LogP contribution in [0.25, 0.3) is 0 Å². The minimum absolute atomic E-state index is 0.0793. The summed E-state index contributed by atoms with van der Waals surface area (Å²) in [5.74, 6) is -0.525. The molecule has 0 bridgehead atoms. The molecule has 2 aliphatic rings. The number of hydrogen-bond donors (Lipinski definition) is 1. The summed E-state index contributed by atoms with van der Waals surface area (Å²) in [6.07, 6.45) is 1.55. The maximum absolute atomic E-state index is 13.4. The van der Waals surface area contributed by atoms with Crippen molar-refractivity contribution in [3.05, 3.63) is 41.5 Å². The quantitative estimate of drug-likeness (QED) is 0.869. The van der Waals surface area contributed by atoms with Gasteiger partial charge >= 0.3 is 6.03 Å². The largest absolute Gasteiger partial charge is 0.381 e. The fraction of sp³-hybridized carbons (Fsp3) is 0.500. The molecule has 1 aromatic heterocycles. The van der Waals surface area contributed by atoms with Crippen molar-refractivity contribution in [3.8, 4) is 0 Å². The number of anilines is 1. The molecule has 1 spiro atoms. The molecule has 0 aliphatic carbocycles. The number of nitrogens with one attached hydrogen (secondary N) is 1. The minimum Gasteiger partial charge on any atom is -0.381 e. The molecule has 27 heavy (non-hydrogen) atoms. The molecular weight excluding hydrogens is 358 g/mol. The highest BCUT2D eigenvalue weighted by atomic mass is 19.1. The minimum atomic E-state index is -0.744. The van der Waals surface area contributed by atoms with Gasteiger partial charge in [-0.15, -0.1) is 0 Å². The molecule has 9 heteroatoms. The molecule has 2 fully saturated rings. The number of carbonyl (C=O) groups excluding carboxylic acids is 1. The molecule has 2 aromatic rings. The summed E-state index contributed by atoms with van der Waals surface area (Å²) in [7, 11) is 0. The van der Waals surface area contributed by atoms with Gasteiger partial charge in [0.2, 0.25) is 5.89 Å². The highest BCUT2D eigenvalue weighted by Gasteiger charge is 2.51. The zero-order valence-electron chi connectivity index (χ0n) is 14.9. The lowest BCUT2D eigenvalue weighted by Gasteiger charge is -2.36. The van der Waals surface area contributed by atoms with Crippen LogP contribution >= 0.6 is 0 Å². The number of urea groups is 1. The third kappa shape index (κ3) is 3.51. The number of carbonyl (C=O) groups is 1. The molecule has 3 heterocycles. The topological polar surface area (TPSA) is 80.5 Å². The van der Waals surface area contributed by atoms with E-state index < -0.39 is 17.7 Å². The first-order valence-electron chi connectivity index (χ1n) is 8.85. The van der Waals surface area contributed by atoms with Crippen LogP contribution in [0.2, 0.25) is 0 Å². The van der Waals surface area contributed by atoms with Crippen LogP contribution in [-0.4, -0.2) is 47.4 Å². The van der Waals surface area contributed by atoms with Crippen LogP contribution < -0.4 is 5.32 Å². The molecule has 1 aromatic carbocycles. The second kappa shape index (κ2) is 6.88. The number of ether oxygens (including phenoxy) is 1. The van der Waals surface area contributed by atoms with Gasteiger partial charge in [-0.3, -0.25) is 0 Å². The van der Waals surface area contributed by atoms with Gasteiger partial charge in [0.05, 0.1) is 5.92 Å². The van der Waals surface area contributed by atoms with E-state index in [0.717, 1.165) is 31.0 Å². The van der Waals surface area contributed by atoms with E-state index in [1.807, 2.05) is 0 Å². The van der Waals surface area contributed by atoms with Crippen LogP contribution in [-0.2, 0) is 4.74 Å². The van der Waals surface area contributed by atoms with Crippen molar-refractivity contribution >= 4 is 11.7 Å². The van der Waals surface area contributed by atoms with E-state index in [1.165, 1.54) is 0 Å². The first-order chi connectivity index (χ1) is 12.9. The van der Waals surface area contributed by atoms with Crippen molar-refractivity contribution in [2.24, 2.45) is 5.41 Å². The summed E-state index contributed by atoms with van der Waals surface area (Å²) in [6, 6.07) is 2.51. The molecule has 2 saturated heterocycles. The maximum atomic E-state index is 13.4. The summed E-state index contributed by atoms with van der Waals surface area (Å²) in [6.45, 7) is 3.85. The summed E-state index contributed by atoms with van der Waals surface area (Å²) in [4.78, 5) is 18.7. The molecule has 0 radical (unpaired) electrons. The average Bonchev–Trinajstić information content (AvgIpc) is 3.19. The van der Waals surface area contributed by atoms with E-state index in [9.17, 15) is 13.6 Å². The van der Waals surface area contributed by atoms with Crippen LogP contribution in [0.15, 0.2) is 22.7 Å². The first-order valence-corrected chi connectivity index (χ1v) is 8.85. The van der Waals surface area contributed by atoms with Gasteiger partial charge in [0.25, 0.3) is 0 Å². The zero-order chi connectivity index (χ0) is 19.0. The molecule has 0 saturated carbocycles. The zero-order valence-corrected chi connectivity index (χ0v) is 14.9. The van der Waals surface area contributed by atoms with Crippen LogP contribution in [0.4, 0.5) is 19.3 Å². The van der Waals surface area contributed by atoms with Crippen molar-refractivity contribution in [1.29, 1.82) is 0 Å². The van der Waals surface area contributed by atoms with Gasteiger partial charge in [-0.25, -0.2) is 13.6 Å². The normalized spacial score (nSPS) is 21.6. The van der Waals surface area contributed by atoms with Gasteiger partial charge in [-0.05, 0) is 31.9 Å². The Morgan fingerprint density at radius 1 is 1.26 bits per heavy atom. The predicted molar refractivity (Wildman–Crippen MR) is 91.2 cm³/mol. The Hall–Kier alpha value is -2.55. The molecule has 7 nitrogen and oxygen atoms in total. The van der Waals surface area contributed by atoms with Gasteiger partial charge < -0.3 is 19.5 Å². The third-order valence-corrected chi connectivity index (χ3v) is 5.38. The standard InChI is InChI=1S/C18H20F2N4O3/c1-11-21-16(27-23-11)15-9-24(10-18(15)2-4-26-5-3-18)17(25)22-14-7-12(19)6-13(20)8-14/h6-8,15H,2-5,9-10H2,1H3,(H,22,25)/t15-/m1/s1. The van der Waals surface area contributed by atoms with Crippen LogP contribution in [0.1, 0.15) is 30.5 Å². The van der Waals surface area contributed by atoms with E-state index in [-0.39, 0.29) is 17.0 Å². The smallest absolute Gasteiger partial charge is 0.321 e. The highest BCUT2D eigenvalue weighted by Crippen LogP contribution is 2.49. The number of halogens is 2. The van der Waals surface area contributed by atoms with Gasteiger partial charge in [-0.1, -0.05) is 5.16 Å². The highest BCUT2D eigenvalue weighted by molar-refractivity contribution is 5.89. The van der Waals surface area contributed by atoms with Crippen molar-refractivity contribution in [1.82, 2.24) is 15.0 Å². The molecular formula is C18H20F2N4O3. The Balaban J connectivity index is 1.56. The molecule has 2 amide bonds. The number of aryl methyl sites for hydroxylation is 1. The number of amides is 2. The lowest BCUT2D eigenvalue weighted by atomic mass is 9.72. The average molecular weight is 378 g/mol. The van der Waals surface area contributed by atoms with E-state index in [2.05, 4.69) is 15.5 Å². The number of hydrogen-bond acceptors (Lipinski definition) is 5. The maximum Gasteiger partial charge on any atom is 0.321 e. The number of aromatic nitrogens is 2. The monoisotopic (exact) mass is 378 g/mol. The van der Waals surface area contributed by atoms with Crippen LogP contribution in [0.3, 0.4) is 0 Å². The fourth-order valence-electron chi connectivity index (χ4n) is 4.03. The van der Waals surface area contributed by atoms with E-state index in [4.69, 9.17) is 9.26 Å². The number of rotatable bonds is 2. The van der Waals surface area contributed by atoms with Gasteiger partial charge in [-0.2, -0.15) is 4.98 Å². The van der Waals surface area contributed by atoms with Crippen molar-refractivity contribution < 1.29 is 22.8 Å². The summed E-state index contributed by atoms with van der Waals surface area (Å²) >= 11 is 0. The van der Waals surface area contributed by atoms with Gasteiger partial charge in [0.1, 0.15) is 11.6 Å². The van der Waals surface area contributed by atoms with E-state index >= 15 is 0 Å². The Kier molecular flexibility index (Phi) is 4.55. The van der Waals surface area contributed by atoms with Crippen molar-refractivity contribution in [2.45, 2.75) is 25.7 Å². The second-order valence-corrected chi connectivity index (χ2v) is 7.18. The second-order valence-electron chi connectivity index (χ2n) is 7.18. The SMILES string of the molecule is Cc1noc([C@H]2CN(C(=O)Nc3cc(F)cc(F)c3)CC23CCOCC3)n1. The third-order valence-electron chi connectivity index (χ3n) is 5.38. The van der Waals surface area contributed by atoms with Crippen molar-refractivity contribution in [2.75, 3.05) is 31.6 Å². The molecule has 1 N–H and O–H groups in total. The Labute approximate surface area is 154 Å². The number of nitrogens with zero attached hydrogens (tertiary/aromatic N) is 3. The lowest BCUT2D eigenvalue weighted by molar-refractivity contribution is 0.00959. The molecule has 4 rings (SSSR count). The Morgan fingerprint density at radius 2 is 1.96 bits per heavy atom. The summed E-state index contributed by atoms with van der Waals surface area (Å²) in [5.41, 5.74) is -0.127. The Bertz CT molecular complexity index is 831. The first kappa shape index (κ1) is 17.8. The molecule has 1 atom stereocenters.